The van der Waals surface area contributed by atoms with Crippen molar-refractivity contribution >= 4 is 5.97 Å². The van der Waals surface area contributed by atoms with Crippen LogP contribution in [0.2, 0.25) is 0 Å². The van der Waals surface area contributed by atoms with E-state index in [1.165, 1.54) is 19.3 Å². The number of rotatable bonds is 7. The van der Waals surface area contributed by atoms with Gasteiger partial charge in [0, 0.05) is 18.4 Å². The number of carbonyl (C=O) groups excluding carboxylic acids is 1. The molecule has 0 unspecified atom stereocenters. The average molecular weight is 246 g/mol. The highest BCUT2D eigenvalue weighted by Gasteiger charge is 2.00. The molecule has 0 aromatic carbocycles. The van der Waals surface area contributed by atoms with Crippen LogP contribution in [0.4, 0.5) is 0 Å². The first-order valence-corrected chi connectivity index (χ1v) is 6.46. The molecule has 0 aromatic heterocycles. The minimum atomic E-state index is -0.362. The highest BCUT2D eigenvalue weighted by Crippen LogP contribution is 2.00. The van der Waals surface area contributed by atoms with Crippen LogP contribution >= 0.6 is 0 Å². The predicted octanol–water partition coefficient (Wildman–Crippen LogP) is 3.47. The summed E-state index contributed by atoms with van der Waals surface area (Å²) in [5, 5.41) is 0. The van der Waals surface area contributed by atoms with Crippen molar-refractivity contribution in [2.45, 2.75) is 52.4 Å². The van der Waals surface area contributed by atoms with Crippen LogP contribution in [0.15, 0.2) is 12.2 Å². The van der Waals surface area contributed by atoms with Crippen molar-refractivity contribution in [3.05, 3.63) is 12.2 Å². The molecule has 0 atom stereocenters. The van der Waals surface area contributed by atoms with Gasteiger partial charge >= 0.3 is 5.97 Å². The van der Waals surface area contributed by atoms with Gasteiger partial charge in [-0.3, -0.25) is 0 Å². The van der Waals surface area contributed by atoms with E-state index in [-0.39, 0.29) is 5.97 Å². The quantitative estimate of drug-likeness (QED) is 0.297. The van der Waals surface area contributed by atoms with Crippen molar-refractivity contribution in [2.24, 2.45) is 0 Å². The summed E-state index contributed by atoms with van der Waals surface area (Å²) in [6.07, 6.45) is 6.36. The van der Waals surface area contributed by atoms with Gasteiger partial charge in [-0.25, -0.2) is 4.79 Å². The molecule has 0 saturated carbocycles. The number of hydrogen-bond acceptors (Lipinski definition) is 2. The Labute approximate surface area is 111 Å². The summed E-state index contributed by atoms with van der Waals surface area (Å²) in [5.41, 5.74) is 0.412. The van der Waals surface area contributed by atoms with Gasteiger partial charge in [0.2, 0.25) is 0 Å². The van der Waals surface area contributed by atoms with Crippen LogP contribution in [-0.4, -0.2) is 12.6 Å². The Kier molecular flexibility index (Phi) is 10.7. The van der Waals surface area contributed by atoms with Crippen molar-refractivity contribution in [1.29, 1.82) is 0 Å². The van der Waals surface area contributed by atoms with Crippen LogP contribution in [0, 0.1) is 23.7 Å². The van der Waals surface area contributed by atoms with Gasteiger partial charge in [0.25, 0.3) is 0 Å². The van der Waals surface area contributed by atoms with Crippen molar-refractivity contribution in [3.63, 3.8) is 0 Å². The van der Waals surface area contributed by atoms with E-state index in [4.69, 9.17) is 4.74 Å². The van der Waals surface area contributed by atoms with Crippen molar-refractivity contribution in [3.8, 4) is 23.7 Å². The Bertz CT molecular complexity index is 371. The predicted molar refractivity (Wildman–Crippen MR) is 74.7 cm³/mol. The number of unbranched alkanes of at least 4 members (excludes halogenated alkanes) is 4. The van der Waals surface area contributed by atoms with Gasteiger partial charge in [0.15, 0.2) is 0 Å². The average Bonchev–Trinajstić information content (AvgIpc) is 2.35. The third kappa shape index (κ3) is 10.8. The fourth-order valence-corrected chi connectivity index (χ4v) is 1.17. The number of hydrogen-bond donors (Lipinski definition) is 0. The van der Waals surface area contributed by atoms with Gasteiger partial charge < -0.3 is 4.74 Å². The minimum Gasteiger partial charge on any atom is -0.461 e. The Morgan fingerprint density at radius 3 is 2.39 bits per heavy atom. The smallest absolute Gasteiger partial charge is 0.333 e. The normalized spacial score (nSPS) is 8.56. The molecule has 98 valence electrons. The summed E-state index contributed by atoms with van der Waals surface area (Å²) in [6.45, 7) is 7.61. The lowest BCUT2D eigenvalue weighted by Crippen LogP contribution is -2.05. The van der Waals surface area contributed by atoms with Crippen LogP contribution in [0.5, 0.6) is 0 Å². The van der Waals surface area contributed by atoms with Crippen molar-refractivity contribution in [2.75, 3.05) is 6.61 Å². The summed E-state index contributed by atoms with van der Waals surface area (Å²) in [7, 11) is 0. The standard InChI is InChI=1S/C16H22O2/c1-4-5-6-7-8-9-10-11-12-13-14-18-16(17)15(2)3/h2,4-8,13-14H2,1,3H3. The lowest BCUT2D eigenvalue weighted by molar-refractivity contribution is -0.138. The van der Waals surface area contributed by atoms with E-state index in [0.717, 1.165) is 12.8 Å². The molecule has 0 heterocycles. The molecular weight excluding hydrogens is 224 g/mol. The lowest BCUT2D eigenvalue weighted by atomic mass is 10.2. The second kappa shape index (κ2) is 11.8. The maximum absolute atomic E-state index is 11.0. The van der Waals surface area contributed by atoms with E-state index in [1.54, 1.807) is 6.92 Å². The zero-order valence-corrected chi connectivity index (χ0v) is 11.5. The topological polar surface area (TPSA) is 26.3 Å². The van der Waals surface area contributed by atoms with Crippen LogP contribution in [0.3, 0.4) is 0 Å². The van der Waals surface area contributed by atoms with Gasteiger partial charge in [0.1, 0.15) is 6.61 Å². The van der Waals surface area contributed by atoms with Gasteiger partial charge in [-0.15, -0.1) is 0 Å². The molecule has 0 saturated heterocycles. The first-order valence-electron chi connectivity index (χ1n) is 6.46. The monoisotopic (exact) mass is 246 g/mol. The fourth-order valence-electron chi connectivity index (χ4n) is 1.17. The molecule has 0 bridgehead atoms. The largest absolute Gasteiger partial charge is 0.461 e. The molecule has 0 amide bonds. The van der Waals surface area contributed by atoms with E-state index in [1.807, 2.05) is 0 Å². The number of carbonyl (C=O) groups is 1. The van der Waals surface area contributed by atoms with E-state index < -0.39 is 0 Å². The van der Waals surface area contributed by atoms with Gasteiger partial charge in [-0.05, 0) is 25.2 Å². The zero-order chi connectivity index (χ0) is 13.6. The van der Waals surface area contributed by atoms with Crippen LogP contribution in [-0.2, 0) is 9.53 Å². The first-order chi connectivity index (χ1) is 8.68. The van der Waals surface area contributed by atoms with Crippen molar-refractivity contribution in [1.82, 2.24) is 0 Å². The molecule has 2 nitrogen and oxygen atoms in total. The molecule has 0 fully saturated rings. The third-order valence-corrected chi connectivity index (χ3v) is 2.20. The molecule has 0 aliphatic heterocycles. The second-order valence-corrected chi connectivity index (χ2v) is 4.08. The Morgan fingerprint density at radius 2 is 1.78 bits per heavy atom. The Morgan fingerprint density at radius 1 is 1.11 bits per heavy atom. The molecular formula is C16H22O2. The minimum absolute atomic E-state index is 0.302. The summed E-state index contributed by atoms with van der Waals surface area (Å²) in [4.78, 5) is 11.0. The van der Waals surface area contributed by atoms with Crippen molar-refractivity contribution < 1.29 is 9.53 Å². The Balaban J connectivity index is 3.52. The molecule has 0 aliphatic rings. The van der Waals surface area contributed by atoms with Gasteiger partial charge in [-0.2, -0.15) is 0 Å². The van der Waals surface area contributed by atoms with Crippen LogP contribution in [0.1, 0.15) is 52.4 Å². The summed E-state index contributed by atoms with van der Waals surface area (Å²) < 4.78 is 4.89. The van der Waals surface area contributed by atoms with Gasteiger partial charge in [0.05, 0.1) is 0 Å². The summed E-state index contributed by atoms with van der Waals surface area (Å²) >= 11 is 0. The fraction of sp³-hybridized carbons (Fsp3) is 0.562. The third-order valence-electron chi connectivity index (χ3n) is 2.20. The molecule has 0 spiro atoms. The second-order valence-electron chi connectivity index (χ2n) is 4.08. The SMILES string of the molecule is C=C(C)C(=O)OCCC#CC#CCCCCCC. The Hall–Kier alpha value is -1.67. The highest BCUT2D eigenvalue weighted by atomic mass is 16.5. The first kappa shape index (κ1) is 16.3. The zero-order valence-electron chi connectivity index (χ0n) is 11.5. The maximum atomic E-state index is 11.0. The lowest BCUT2D eigenvalue weighted by Gasteiger charge is -1.99. The number of esters is 1. The molecule has 18 heavy (non-hydrogen) atoms. The van der Waals surface area contributed by atoms with E-state index >= 15 is 0 Å². The van der Waals surface area contributed by atoms with E-state index in [0.29, 0.717) is 18.6 Å². The maximum Gasteiger partial charge on any atom is 0.333 e. The molecule has 0 aliphatic carbocycles. The summed E-state index contributed by atoms with van der Waals surface area (Å²) in [6, 6.07) is 0. The molecule has 0 radical (unpaired) electrons. The molecule has 0 N–H and O–H groups in total. The van der Waals surface area contributed by atoms with Gasteiger partial charge in [-0.1, -0.05) is 44.6 Å². The summed E-state index contributed by atoms with van der Waals surface area (Å²) in [5.74, 6) is 11.1. The molecule has 0 aromatic rings. The number of ether oxygens (including phenoxy) is 1. The molecule has 2 heteroatoms. The van der Waals surface area contributed by atoms with E-state index in [9.17, 15) is 4.79 Å². The van der Waals surface area contributed by atoms with Crippen LogP contribution < -0.4 is 0 Å². The van der Waals surface area contributed by atoms with Crippen LogP contribution in [0.25, 0.3) is 0 Å². The highest BCUT2D eigenvalue weighted by molar-refractivity contribution is 5.86. The molecule has 0 rings (SSSR count). The van der Waals surface area contributed by atoms with E-state index in [2.05, 4.69) is 37.2 Å².